The molecule has 0 unspecified atom stereocenters. The van der Waals surface area contributed by atoms with Gasteiger partial charge in [0.1, 0.15) is 11.9 Å². The average molecular weight is 548 g/mol. The van der Waals surface area contributed by atoms with Crippen molar-refractivity contribution in [2.75, 3.05) is 42.2 Å². The topological polar surface area (TPSA) is 105 Å². The maximum atomic E-state index is 13.9. The number of carbonyl (C=O) groups excluding carboxylic acids is 1. The Kier molecular flexibility index (Phi) is 5.16. The molecule has 3 aromatic rings. The van der Waals surface area contributed by atoms with Crippen molar-refractivity contribution in [2.45, 2.75) is 23.2 Å². The number of methoxy groups -OCH3 is 3. The van der Waals surface area contributed by atoms with Gasteiger partial charge in [0.15, 0.2) is 28.6 Å². The average Bonchev–Trinajstić information content (AvgIpc) is 3.67. The summed E-state index contributed by atoms with van der Waals surface area (Å²) < 4.78 is 42.7. The third-order valence-electron chi connectivity index (χ3n) is 8.58. The summed E-state index contributed by atoms with van der Waals surface area (Å²) in [6.45, 7) is 0.00969. The van der Waals surface area contributed by atoms with Crippen LogP contribution in [0.15, 0.2) is 48.5 Å². The van der Waals surface area contributed by atoms with Crippen LogP contribution in [0.5, 0.6) is 40.2 Å². The molecule has 3 aliphatic heterocycles. The Hall–Kier alpha value is -4.31. The highest BCUT2D eigenvalue weighted by Gasteiger charge is 2.84. The van der Waals surface area contributed by atoms with E-state index < -0.39 is 29.1 Å². The molecule has 1 N–H and O–H groups in total. The summed E-state index contributed by atoms with van der Waals surface area (Å²) >= 11 is 0. The Bertz CT molecular complexity index is 1540. The Morgan fingerprint density at radius 1 is 0.900 bits per heavy atom. The number of hydrogen-bond acceptors (Lipinski definition) is 9. The molecule has 208 valence electrons. The number of aliphatic hydroxyl groups is 1. The van der Waals surface area contributed by atoms with E-state index in [1.807, 2.05) is 36.4 Å². The minimum absolute atomic E-state index is 0.00969. The molecule has 0 bridgehead atoms. The van der Waals surface area contributed by atoms with Crippen LogP contribution < -0.4 is 33.2 Å². The third kappa shape index (κ3) is 2.69. The van der Waals surface area contributed by atoms with Crippen molar-refractivity contribution in [2.24, 2.45) is 5.92 Å². The van der Waals surface area contributed by atoms with E-state index in [1.54, 1.807) is 33.3 Å². The zero-order valence-corrected chi connectivity index (χ0v) is 22.7. The second kappa shape index (κ2) is 8.34. The van der Waals surface area contributed by atoms with Crippen molar-refractivity contribution in [1.29, 1.82) is 0 Å². The highest BCUT2D eigenvalue weighted by Crippen LogP contribution is 2.77. The molecule has 5 atom stereocenters. The lowest BCUT2D eigenvalue weighted by Crippen LogP contribution is -2.52. The predicted molar refractivity (Wildman–Crippen MR) is 141 cm³/mol. The van der Waals surface area contributed by atoms with E-state index in [0.29, 0.717) is 51.4 Å². The van der Waals surface area contributed by atoms with Gasteiger partial charge >= 0.3 is 0 Å². The van der Waals surface area contributed by atoms with Crippen molar-refractivity contribution in [1.82, 2.24) is 4.90 Å². The normalized spacial score (nSPS) is 28.0. The second-order valence-electron chi connectivity index (χ2n) is 10.5. The minimum atomic E-state index is -1.62. The molecular formula is C30H29NO9. The van der Waals surface area contributed by atoms with E-state index in [-0.39, 0.29) is 12.7 Å². The number of nitrogens with zero attached hydrogens (tertiary/aromatic N) is 1. The molecule has 4 aliphatic rings. The van der Waals surface area contributed by atoms with Crippen LogP contribution in [0, 0.1) is 5.92 Å². The molecule has 40 heavy (non-hydrogen) atoms. The lowest BCUT2D eigenvalue weighted by atomic mass is 9.71. The minimum Gasteiger partial charge on any atom is -0.493 e. The molecule has 0 radical (unpaired) electrons. The summed E-state index contributed by atoms with van der Waals surface area (Å²) in [5.41, 5.74) is -1.15. The van der Waals surface area contributed by atoms with E-state index in [4.69, 9.17) is 33.2 Å². The lowest BCUT2D eigenvalue weighted by Gasteiger charge is -2.36. The van der Waals surface area contributed by atoms with Crippen LogP contribution in [0.2, 0.25) is 0 Å². The number of amides is 1. The second-order valence-corrected chi connectivity index (χ2v) is 10.5. The van der Waals surface area contributed by atoms with Gasteiger partial charge in [0, 0.05) is 31.6 Å². The fraction of sp³-hybridized carbons (Fsp3) is 0.367. The van der Waals surface area contributed by atoms with Crippen molar-refractivity contribution in [3.05, 3.63) is 65.2 Å². The van der Waals surface area contributed by atoms with Gasteiger partial charge in [-0.05, 0) is 17.7 Å². The smallest absolute Gasteiger partial charge is 0.231 e. The zero-order valence-electron chi connectivity index (χ0n) is 22.7. The molecule has 1 fully saturated rings. The van der Waals surface area contributed by atoms with E-state index in [0.717, 1.165) is 5.56 Å². The van der Waals surface area contributed by atoms with Crippen molar-refractivity contribution < 1.29 is 43.1 Å². The predicted octanol–water partition coefficient (Wildman–Crippen LogP) is 3.18. The van der Waals surface area contributed by atoms with E-state index in [2.05, 4.69) is 0 Å². The fourth-order valence-corrected chi connectivity index (χ4v) is 7.14. The van der Waals surface area contributed by atoms with Crippen LogP contribution in [-0.2, 0) is 16.0 Å². The zero-order chi connectivity index (χ0) is 28.0. The first-order valence-corrected chi connectivity index (χ1v) is 12.9. The summed E-state index contributed by atoms with van der Waals surface area (Å²) in [5.74, 6) is 0.881. The summed E-state index contributed by atoms with van der Waals surface area (Å²) in [7, 11) is 7.93. The number of fused-ring (bicyclic) bond motifs is 3. The van der Waals surface area contributed by atoms with Gasteiger partial charge < -0.3 is 43.2 Å². The Morgan fingerprint density at radius 2 is 1.65 bits per heavy atom. The summed E-state index contributed by atoms with van der Waals surface area (Å²) in [4.78, 5) is 15.4. The van der Waals surface area contributed by atoms with Crippen LogP contribution in [0.4, 0.5) is 0 Å². The Labute approximate surface area is 230 Å². The fourth-order valence-electron chi connectivity index (χ4n) is 7.14. The van der Waals surface area contributed by atoms with E-state index in [9.17, 15) is 9.90 Å². The highest BCUT2D eigenvalue weighted by molar-refractivity contribution is 5.84. The molecule has 10 nitrogen and oxygen atoms in total. The van der Waals surface area contributed by atoms with Gasteiger partial charge in [-0.2, -0.15) is 0 Å². The summed E-state index contributed by atoms with van der Waals surface area (Å²) in [5, 5.41) is 12.5. The molecule has 0 aromatic heterocycles. The first-order chi connectivity index (χ1) is 19.3. The number of aliphatic hydroxyl groups excluding tert-OH is 1. The van der Waals surface area contributed by atoms with Crippen molar-refractivity contribution >= 4 is 5.91 Å². The van der Waals surface area contributed by atoms with E-state index >= 15 is 0 Å². The Balaban J connectivity index is 1.61. The monoisotopic (exact) mass is 547 g/mol. The van der Waals surface area contributed by atoms with Gasteiger partial charge in [-0.15, -0.1) is 0 Å². The number of carbonyl (C=O) groups is 1. The molecule has 3 aromatic carbocycles. The maximum Gasteiger partial charge on any atom is 0.231 e. The standard InChI is InChI=1S/C30H29NO9/c1-31(2)28(33)20-21(15-9-7-6-8-10-15)29-16-11-12-17(34-3)24(35-4)23(16)40-30(29,27(20)32)22-18(39-29)13-19-25(26(22)36-5)38-14-37-19/h6-13,20-21,27,32H,14H2,1-5H3/t20-,21-,27-,29+,30+/m0/s1. The van der Waals surface area contributed by atoms with Gasteiger partial charge in [-0.3, -0.25) is 4.79 Å². The van der Waals surface area contributed by atoms with Gasteiger partial charge in [0.05, 0.1) is 32.8 Å². The van der Waals surface area contributed by atoms with Crippen molar-refractivity contribution in [3.63, 3.8) is 0 Å². The van der Waals surface area contributed by atoms with Crippen LogP contribution in [0.3, 0.4) is 0 Å². The maximum absolute atomic E-state index is 13.9. The first-order valence-electron chi connectivity index (χ1n) is 12.9. The SMILES string of the molecule is COc1ccc2c(c1OC)O[C@@]13c4c(cc5c(c4OC)OCO5)O[C@@]21[C@@H](c1ccccc1)[C@H](C(=O)N(C)C)[C@@H]3O. The van der Waals surface area contributed by atoms with Gasteiger partial charge in [-0.1, -0.05) is 30.3 Å². The van der Waals surface area contributed by atoms with Gasteiger partial charge in [0.25, 0.3) is 0 Å². The summed E-state index contributed by atoms with van der Waals surface area (Å²) in [6, 6.07) is 14.9. The number of ether oxygens (including phenoxy) is 7. The molecular weight excluding hydrogens is 518 g/mol. The number of benzene rings is 3. The van der Waals surface area contributed by atoms with E-state index in [1.165, 1.54) is 19.1 Å². The summed E-state index contributed by atoms with van der Waals surface area (Å²) in [6.07, 6.45) is -1.37. The largest absolute Gasteiger partial charge is 0.493 e. The number of hydrogen-bond donors (Lipinski definition) is 1. The van der Waals surface area contributed by atoms with Crippen LogP contribution in [0.1, 0.15) is 22.6 Å². The first kappa shape index (κ1) is 24.7. The van der Waals surface area contributed by atoms with Crippen LogP contribution in [0.25, 0.3) is 0 Å². The highest BCUT2D eigenvalue weighted by atomic mass is 16.7. The van der Waals surface area contributed by atoms with Gasteiger partial charge in [0.2, 0.25) is 29.8 Å². The number of rotatable bonds is 5. The molecule has 1 aliphatic carbocycles. The molecule has 1 amide bonds. The molecule has 0 saturated heterocycles. The molecule has 10 heteroatoms. The molecule has 7 rings (SSSR count). The molecule has 0 spiro atoms. The molecule has 3 heterocycles. The van der Waals surface area contributed by atoms with Crippen molar-refractivity contribution in [3.8, 4) is 40.2 Å². The quantitative estimate of drug-likeness (QED) is 0.516. The molecule has 1 saturated carbocycles. The lowest BCUT2D eigenvalue weighted by molar-refractivity contribution is -0.140. The Morgan fingerprint density at radius 3 is 2.33 bits per heavy atom. The van der Waals surface area contributed by atoms with Gasteiger partial charge in [-0.25, -0.2) is 0 Å². The third-order valence-corrected chi connectivity index (χ3v) is 8.58. The van der Waals surface area contributed by atoms with Crippen LogP contribution in [-0.4, -0.2) is 64.2 Å². The van der Waals surface area contributed by atoms with Crippen LogP contribution >= 0.6 is 0 Å².